The molecular formula is C15H21NO2. The van der Waals surface area contributed by atoms with E-state index in [1.165, 1.54) is 0 Å². The molecule has 1 rings (SSSR count). The monoisotopic (exact) mass is 247 g/mol. The maximum Gasteiger partial charge on any atom is 0.250 e. The van der Waals surface area contributed by atoms with E-state index in [-0.39, 0.29) is 0 Å². The number of hydrogen-bond donors (Lipinski definition) is 2. The van der Waals surface area contributed by atoms with E-state index >= 15 is 0 Å². The van der Waals surface area contributed by atoms with Crippen LogP contribution in [0.5, 0.6) is 0 Å². The lowest BCUT2D eigenvalue weighted by atomic mass is 9.78. The SMILES string of the molecule is C=C[C@@H](c1ccccc1)[C@](O)(CCCC)C(N)=O. The maximum atomic E-state index is 11.6. The third-order valence-corrected chi connectivity index (χ3v) is 3.25. The predicted octanol–water partition coefficient (Wildman–Crippen LogP) is 2.36. The third kappa shape index (κ3) is 2.99. The van der Waals surface area contributed by atoms with Crippen molar-refractivity contribution in [3.05, 3.63) is 48.6 Å². The Morgan fingerprint density at radius 2 is 2.11 bits per heavy atom. The average molecular weight is 247 g/mol. The van der Waals surface area contributed by atoms with Gasteiger partial charge in [-0.3, -0.25) is 4.79 Å². The van der Waals surface area contributed by atoms with Crippen LogP contribution in [-0.4, -0.2) is 16.6 Å². The minimum atomic E-state index is -1.56. The van der Waals surface area contributed by atoms with Gasteiger partial charge in [0.25, 0.3) is 0 Å². The highest BCUT2D eigenvalue weighted by Gasteiger charge is 2.40. The van der Waals surface area contributed by atoms with Gasteiger partial charge in [0, 0.05) is 5.92 Å². The largest absolute Gasteiger partial charge is 0.379 e. The first kappa shape index (κ1) is 14.5. The maximum absolute atomic E-state index is 11.6. The van der Waals surface area contributed by atoms with Crippen LogP contribution in [0.4, 0.5) is 0 Å². The van der Waals surface area contributed by atoms with E-state index in [4.69, 9.17) is 5.73 Å². The van der Waals surface area contributed by atoms with Crippen molar-refractivity contribution >= 4 is 5.91 Å². The predicted molar refractivity (Wildman–Crippen MR) is 73.0 cm³/mol. The van der Waals surface area contributed by atoms with Gasteiger partial charge in [-0.2, -0.15) is 0 Å². The van der Waals surface area contributed by atoms with Crippen molar-refractivity contribution in [3.63, 3.8) is 0 Å². The number of carbonyl (C=O) groups excluding carboxylic acids is 1. The highest BCUT2D eigenvalue weighted by atomic mass is 16.3. The van der Waals surface area contributed by atoms with E-state index in [1.807, 2.05) is 37.3 Å². The van der Waals surface area contributed by atoms with Crippen molar-refractivity contribution in [3.8, 4) is 0 Å². The van der Waals surface area contributed by atoms with E-state index in [9.17, 15) is 9.90 Å². The Labute approximate surface area is 108 Å². The molecule has 98 valence electrons. The molecular weight excluding hydrogens is 226 g/mol. The first-order valence-electron chi connectivity index (χ1n) is 6.26. The molecule has 3 nitrogen and oxygen atoms in total. The molecule has 0 saturated heterocycles. The molecule has 0 bridgehead atoms. The van der Waals surface area contributed by atoms with Crippen LogP contribution in [0.3, 0.4) is 0 Å². The van der Waals surface area contributed by atoms with E-state index in [1.54, 1.807) is 6.08 Å². The normalized spacial score (nSPS) is 15.7. The molecule has 1 aromatic carbocycles. The lowest BCUT2D eigenvalue weighted by Crippen LogP contribution is -2.48. The number of carbonyl (C=O) groups is 1. The van der Waals surface area contributed by atoms with E-state index in [0.717, 1.165) is 18.4 Å². The van der Waals surface area contributed by atoms with Crippen LogP contribution in [0.1, 0.15) is 37.7 Å². The molecule has 0 aliphatic heterocycles. The quantitative estimate of drug-likeness (QED) is 0.726. The Morgan fingerprint density at radius 1 is 1.50 bits per heavy atom. The highest BCUT2D eigenvalue weighted by Crippen LogP contribution is 2.33. The van der Waals surface area contributed by atoms with Crippen LogP contribution < -0.4 is 5.73 Å². The molecule has 1 aromatic rings. The molecule has 0 unspecified atom stereocenters. The lowest BCUT2D eigenvalue weighted by molar-refractivity contribution is -0.138. The van der Waals surface area contributed by atoms with Crippen LogP contribution in [0.15, 0.2) is 43.0 Å². The first-order chi connectivity index (χ1) is 8.56. The number of unbranched alkanes of at least 4 members (excludes halogenated alkanes) is 1. The summed E-state index contributed by atoms with van der Waals surface area (Å²) in [5.74, 6) is -1.16. The fraction of sp³-hybridized carbons (Fsp3) is 0.400. The van der Waals surface area contributed by atoms with Crippen LogP contribution in [0.25, 0.3) is 0 Å². The fourth-order valence-electron chi connectivity index (χ4n) is 2.15. The van der Waals surface area contributed by atoms with E-state index in [0.29, 0.717) is 6.42 Å². The molecule has 0 saturated carbocycles. The standard InChI is InChI=1S/C15H21NO2/c1-3-5-11-15(18,14(16)17)13(4-2)12-9-7-6-8-10-12/h4,6-10,13,18H,2-3,5,11H2,1H3,(H2,16,17)/t13-,15+/m0/s1. The van der Waals surface area contributed by atoms with Gasteiger partial charge in [0.2, 0.25) is 5.91 Å². The van der Waals surface area contributed by atoms with Crippen molar-refractivity contribution in [2.45, 2.75) is 37.7 Å². The van der Waals surface area contributed by atoms with Gasteiger partial charge < -0.3 is 10.8 Å². The molecule has 1 amide bonds. The number of rotatable bonds is 7. The van der Waals surface area contributed by atoms with Gasteiger partial charge >= 0.3 is 0 Å². The number of nitrogens with two attached hydrogens (primary N) is 1. The average Bonchev–Trinajstić information content (AvgIpc) is 2.38. The zero-order valence-corrected chi connectivity index (χ0v) is 10.8. The highest BCUT2D eigenvalue weighted by molar-refractivity contribution is 5.85. The molecule has 0 radical (unpaired) electrons. The van der Waals surface area contributed by atoms with E-state index in [2.05, 4.69) is 6.58 Å². The van der Waals surface area contributed by atoms with Crippen LogP contribution in [0, 0.1) is 0 Å². The summed E-state index contributed by atoms with van der Waals surface area (Å²) in [4.78, 5) is 11.6. The molecule has 18 heavy (non-hydrogen) atoms. The topological polar surface area (TPSA) is 63.3 Å². The second-order valence-corrected chi connectivity index (χ2v) is 4.52. The summed E-state index contributed by atoms with van der Waals surface area (Å²) < 4.78 is 0. The molecule has 2 atom stereocenters. The van der Waals surface area contributed by atoms with Crippen molar-refractivity contribution in [1.29, 1.82) is 0 Å². The zero-order chi connectivity index (χ0) is 13.6. The van der Waals surface area contributed by atoms with Gasteiger partial charge in [0.05, 0.1) is 0 Å². The summed E-state index contributed by atoms with van der Waals surface area (Å²) in [5.41, 5.74) is 4.68. The van der Waals surface area contributed by atoms with Crippen LogP contribution in [0.2, 0.25) is 0 Å². The van der Waals surface area contributed by atoms with Crippen LogP contribution >= 0.6 is 0 Å². The molecule has 0 aliphatic rings. The molecule has 0 aliphatic carbocycles. The van der Waals surface area contributed by atoms with E-state index < -0.39 is 17.4 Å². The van der Waals surface area contributed by atoms with Gasteiger partial charge in [0.15, 0.2) is 5.60 Å². The Bertz CT molecular complexity index is 402. The van der Waals surface area contributed by atoms with Gasteiger partial charge in [-0.05, 0) is 12.0 Å². The molecule has 0 fully saturated rings. The van der Waals surface area contributed by atoms with Crippen molar-refractivity contribution in [1.82, 2.24) is 0 Å². The molecule has 3 N–H and O–H groups in total. The van der Waals surface area contributed by atoms with Gasteiger partial charge in [0.1, 0.15) is 0 Å². The number of hydrogen-bond acceptors (Lipinski definition) is 2. The minimum absolute atomic E-state index is 0.352. The summed E-state index contributed by atoms with van der Waals surface area (Å²) in [6, 6.07) is 9.36. The summed E-state index contributed by atoms with van der Waals surface area (Å²) in [7, 11) is 0. The summed E-state index contributed by atoms with van der Waals surface area (Å²) in [6.45, 7) is 5.73. The summed E-state index contributed by atoms with van der Waals surface area (Å²) in [5, 5.41) is 10.6. The van der Waals surface area contributed by atoms with Crippen molar-refractivity contribution in [2.24, 2.45) is 5.73 Å². The number of primary amides is 1. The third-order valence-electron chi connectivity index (χ3n) is 3.25. The van der Waals surface area contributed by atoms with Gasteiger partial charge in [-0.25, -0.2) is 0 Å². The van der Waals surface area contributed by atoms with Gasteiger partial charge in [-0.15, -0.1) is 6.58 Å². The molecule has 0 spiro atoms. The number of amides is 1. The van der Waals surface area contributed by atoms with Gasteiger partial charge in [-0.1, -0.05) is 56.2 Å². The smallest absolute Gasteiger partial charge is 0.250 e. The minimum Gasteiger partial charge on any atom is -0.379 e. The van der Waals surface area contributed by atoms with Crippen LogP contribution in [-0.2, 0) is 4.79 Å². The fourth-order valence-corrected chi connectivity index (χ4v) is 2.15. The Kier molecular flexibility index (Phi) is 5.10. The number of aliphatic hydroxyl groups is 1. The summed E-state index contributed by atoms with van der Waals surface area (Å²) >= 11 is 0. The Hall–Kier alpha value is -1.61. The lowest BCUT2D eigenvalue weighted by Gasteiger charge is -2.32. The second kappa shape index (κ2) is 6.36. The van der Waals surface area contributed by atoms with Crippen molar-refractivity contribution < 1.29 is 9.90 Å². The van der Waals surface area contributed by atoms with Crippen molar-refractivity contribution in [2.75, 3.05) is 0 Å². The Morgan fingerprint density at radius 3 is 2.56 bits per heavy atom. The molecule has 0 aromatic heterocycles. The Balaban J connectivity index is 3.09. The zero-order valence-electron chi connectivity index (χ0n) is 10.8. The second-order valence-electron chi connectivity index (χ2n) is 4.52. The first-order valence-corrected chi connectivity index (χ1v) is 6.26. The molecule has 0 heterocycles. The number of benzene rings is 1. The molecule has 3 heteroatoms. The summed E-state index contributed by atoms with van der Waals surface area (Å²) in [6.07, 6.45) is 3.59.